The van der Waals surface area contributed by atoms with E-state index in [9.17, 15) is 0 Å². The number of hydrogen-bond donors (Lipinski definition) is 1. The van der Waals surface area contributed by atoms with Gasteiger partial charge >= 0.3 is 0 Å². The number of anilines is 1. The molecule has 0 amide bonds. The molecule has 4 heteroatoms. The Morgan fingerprint density at radius 1 is 1.43 bits per heavy atom. The second-order valence-electron chi connectivity index (χ2n) is 3.09. The Bertz CT molecular complexity index is 384. The van der Waals surface area contributed by atoms with Crippen molar-refractivity contribution < 1.29 is 0 Å². The second-order valence-corrected chi connectivity index (χ2v) is 5.33. The highest BCUT2D eigenvalue weighted by Gasteiger charge is 2.02. The molecular formula is C10H12N2S2. The molecule has 2 aromatic heterocycles. The van der Waals surface area contributed by atoms with E-state index in [0.717, 1.165) is 17.4 Å². The maximum atomic E-state index is 4.42. The quantitative estimate of drug-likeness (QED) is 0.864. The third kappa shape index (κ3) is 2.13. The van der Waals surface area contributed by atoms with Crippen LogP contribution in [-0.4, -0.2) is 4.98 Å². The van der Waals surface area contributed by atoms with E-state index in [-0.39, 0.29) is 0 Å². The molecule has 2 rings (SSSR count). The van der Waals surface area contributed by atoms with Crippen LogP contribution >= 0.6 is 22.7 Å². The number of hydrogen-bond acceptors (Lipinski definition) is 4. The van der Waals surface area contributed by atoms with Gasteiger partial charge in [-0.2, -0.15) is 0 Å². The number of nitrogens with zero attached hydrogens (tertiary/aromatic N) is 1. The fourth-order valence-electron chi connectivity index (χ4n) is 1.12. The van der Waals surface area contributed by atoms with Gasteiger partial charge in [-0.15, -0.1) is 22.7 Å². The molecule has 0 saturated heterocycles. The SMILES string of the molecule is Cc1nc(NCc2cccs2)sc1C. The van der Waals surface area contributed by atoms with Crippen LogP contribution in [-0.2, 0) is 6.54 Å². The average Bonchev–Trinajstić information content (AvgIpc) is 2.74. The van der Waals surface area contributed by atoms with Crippen LogP contribution in [0, 0.1) is 13.8 Å². The molecule has 0 fully saturated rings. The summed E-state index contributed by atoms with van der Waals surface area (Å²) < 4.78 is 0. The standard InChI is InChI=1S/C10H12N2S2/c1-7-8(2)14-10(12-7)11-6-9-4-3-5-13-9/h3-5H,6H2,1-2H3,(H,11,12). The number of rotatable bonds is 3. The molecule has 0 atom stereocenters. The van der Waals surface area contributed by atoms with E-state index in [1.165, 1.54) is 9.75 Å². The highest BCUT2D eigenvalue weighted by molar-refractivity contribution is 7.15. The van der Waals surface area contributed by atoms with Crippen LogP contribution in [0.15, 0.2) is 17.5 Å². The van der Waals surface area contributed by atoms with Gasteiger partial charge in [-0.05, 0) is 25.3 Å². The number of aryl methyl sites for hydroxylation is 2. The zero-order chi connectivity index (χ0) is 9.97. The molecule has 1 N–H and O–H groups in total. The minimum absolute atomic E-state index is 0.879. The first-order chi connectivity index (χ1) is 6.75. The van der Waals surface area contributed by atoms with Gasteiger partial charge in [0, 0.05) is 9.75 Å². The van der Waals surface area contributed by atoms with Crippen molar-refractivity contribution in [3.8, 4) is 0 Å². The first-order valence-corrected chi connectivity index (χ1v) is 6.15. The summed E-state index contributed by atoms with van der Waals surface area (Å²) in [7, 11) is 0. The van der Waals surface area contributed by atoms with Gasteiger partial charge in [-0.3, -0.25) is 0 Å². The third-order valence-corrected chi connectivity index (χ3v) is 3.93. The topological polar surface area (TPSA) is 24.9 Å². The summed E-state index contributed by atoms with van der Waals surface area (Å²) in [6.07, 6.45) is 0. The van der Waals surface area contributed by atoms with Gasteiger partial charge in [0.1, 0.15) is 0 Å². The van der Waals surface area contributed by atoms with E-state index < -0.39 is 0 Å². The fraction of sp³-hybridized carbons (Fsp3) is 0.300. The predicted molar refractivity (Wildman–Crippen MR) is 63.2 cm³/mol. The molecule has 0 unspecified atom stereocenters. The molecule has 0 aliphatic heterocycles. The molecule has 0 aromatic carbocycles. The average molecular weight is 224 g/mol. The Morgan fingerprint density at radius 2 is 2.29 bits per heavy atom. The molecule has 0 bridgehead atoms. The van der Waals surface area contributed by atoms with Gasteiger partial charge in [-0.1, -0.05) is 6.07 Å². The van der Waals surface area contributed by atoms with Crippen LogP contribution in [0.3, 0.4) is 0 Å². The highest BCUT2D eigenvalue weighted by Crippen LogP contribution is 2.22. The minimum atomic E-state index is 0.879. The lowest BCUT2D eigenvalue weighted by Crippen LogP contribution is -1.96. The predicted octanol–water partition coefficient (Wildman–Crippen LogP) is 3.43. The zero-order valence-corrected chi connectivity index (χ0v) is 9.84. The highest BCUT2D eigenvalue weighted by atomic mass is 32.1. The minimum Gasteiger partial charge on any atom is -0.357 e. The Hall–Kier alpha value is -0.870. The van der Waals surface area contributed by atoms with Crippen molar-refractivity contribution in [3.63, 3.8) is 0 Å². The number of nitrogens with one attached hydrogen (secondary N) is 1. The van der Waals surface area contributed by atoms with Crippen molar-refractivity contribution in [1.82, 2.24) is 4.98 Å². The Labute approximate surface area is 91.6 Å². The normalized spacial score (nSPS) is 10.4. The third-order valence-electron chi connectivity index (χ3n) is 2.02. The first kappa shape index (κ1) is 9.68. The summed E-state index contributed by atoms with van der Waals surface area (Å²) in [4.78, 5) is 7.06. The lowest BCUT2D eigenvalue weighted by Gasteiger charge is -1.98. The van der Waals surface area contributed by atoms with Gasteiger partial charge in [-0.25, -0.2) is 4.98 Å². The fourth-order valence-corrected chi connectivity index (χ4v) is 2.58. The van der Waals surface area contributed by atoms with Crippen molar-refractivity contribution in [2.45, 2.75) is 20.4 Å². The van der Waals surface area contributed by atoms with E-state index >= 15 is 0 Å². The summed E-state index contributed by atoms with van der Waals surface area (Å²) in [5, 5.41) is 6.44. The zero-order valence-electron chi connectivity index (χ0n) is 8.20. The largest absolute Gasteiger partial charge is 0.357 e. The lowest BCUT2D eigenvalue weighted by molar-refractivity contribution is 1.14. The van der Waals surface area contributed by atoms with Gasteiger partial charge in [0.05, 0.1) is 12.2 Å². The molecule has 0 saturated carbocycles. The van der Waals surface area contributed by atoms with Crippen molar-refractivity contribution in [2.75, 3.05) is 5.32 Å². The van der Waals surface area contributed by atoms with Crippen LogP contribution in [0.25, 0.3) is 0 Å². The molecule has 74 valence electrons. The van der Waals surface area contributed by atoms with Gasteiger partial charge in [0.2, 0.25) is 0 Å². The molecule has 0 radical (unpaired) electrons. The maximum absolute atomic E-state index is 4.42. The van der Waals surface area contributed by atoms with Crippen LogP contribution in [0.1, 0.15) is 15.4 Å². The number of thiophene rings is 1. The van der Waals surface area contributed by atoms with Crippen LogP contribution in [0.5, 0.6) is 0 Å². The second kappa shape index (κ2) is 4.11. The van der Waals surface area contributed by atoms with Crippen LogP contribution < -0.4 is 5.32 Å². The smallest absolute Gasteiger partial charge is 0.183 e. The maximum Gasteiger partial charge on any atom is 0.183 e. The molecular weight excluding hydrogens is 212 g/mol. The molecule has 2 heterocycles. The van der Waals surface area contributed by atoms with E-state index in [1.807, 2.05) is 6.92 Å². The molecule has 2 aromatic rings. The van der Waals surface area contributed by atoms with E-state index in [0.29, 0.717) is 0 Å². The van der Waals surface area contributed by atoms with Gasteiger partial charge < -0.3 is 5.32 Å². The van der Waals surface area contributed by atoms with E-state index in [2.05, 4.69) is 34.7 Å². The Morgan fingerprint density at radius 3 is 2.86 bits per heavy atom. The summed E-state index contributed by atoms with van der Waals surface area (Å²) >= 11 is 3.49. The van der Waals surface area contributed by atoms with Crippen molar-refractivity contribution in [2.24, 2.45) is 0 Å². The molecule has 0 aliphatic rings. The number of aromatic nitrogens is 1. The van der Waals surface area contributed by atoms with Crippen molar-refractivity contribution in [1.29, 1.82) is 0 Å². The van der Waals surface area contributed by atoms with E-state index in [1.54, 1.807) is 22.7 Å². The first-order valence-electron chi connectivity index (χ1n) is 4.46. The van der Waals surface area contributed by atoms with Gasteiger partial charge in [0.25, 0.3) is 0 Å². The van der Waals surface area contributed by atoms with Gasteiger partial charge in [0.15, 0.2) is 5.13 Å². The lowest BCUT2D eigenvalue weighted by atomic mass is 10.4. The summed E-state index contributed by atoms with van der Waals surface area (Å²) in [5.74, 6) is 0. The molecule has 2 nitrogen and oxygen atoms in total. The van der Waals surface area contributed by atoms with Crippen molar-refractivity contribution >= 4 is 27.8 Å². The molecule has 0 aliphatic carbocycles. The number of thiazole rings is 1. The Kier molecular flexibility index (Phi) is 2.84. The van der Waals surface area contributed by atoms with Crippen molar-refractivity contribution in [3.05, 3.63) is 33.0 Å². The summed E-state index contributed by atoms with van der Waals surface area (Å²) in [6.45, 7) is 5.02. The molecule has 14 heavy (non-hydrogen) atoms. The summed E-state index contributed by atoms with van der Waals surface area (Å²) in [6, 6.07) is 4.20. The van der Waals surface area contributed by atoms with E-state index in [4.69, 9.17) is 0 Å². The molecule has 0 spiro atoms. The monoisotopic (exact) mass is 224 g/mol. The van der Waals surface area contributed by atoms with Crippen LogP contribution in [0.4, 0.5) is 5.13 Å². The van der Waals surface area contributed by atoms with Crippen LogP contribution in [0.2, 0.25) is 0 Å². The summed E-state index contributed by atoms with van der Waals surface area (Å²) in [5.41, 5.74) is 1.13. The Balaban J connectivity index is 1.98.